The molecule has 0 saturated heterocycles. The lowest BCUT2D eigenvalue weighted by atomic mass is 10.2. The third-order valence-electron chi connectivity index (χ3n) is 2.20. The van der Waals surface area contributed by atoms with Gasteiger partial charge in [0.2, 0.25) is 0 Å². The molecule has 1 aromatic heterocycles. The fraction of sp³-hybridized carbons (Fsp3) is 0.455. The van der Waals surface area contributed by atoms with Crippen molar-refractivity contribution in [3.63, 3.8) is 0 Å². The van der Waals surface area contributed by atoms with Crippen LogP contribution in [0.2, 0.25) is 0 Å². The van der Waals surface area contributed by atoms with Crippen LogP contribution in [0.1, 0.15) is 17.3 Å². The molecule has 0 radical (unpaired) electrons. The van der Waals surface area contributed by atoms with E-state index in [0.29, 0.717) is 11.6 Å². The zero-order chi connectivity index (χ0) is 13.7. The second kappa shape index (κ2) is 6.44. The molecule has 2 unspecified atom stereocenters. The van der Waals surface area contributed by atoms with Crippen molar-refractivity contribution in [3.8, 4) is 0 Å². The Morgan fingerprint density at radius 2 is 2.28 bits per heavy atom. The van der Waals surface area contributed by atoms with Gasteiger partial charge in [-0.2, -0.15) is 0 Å². The molecule has 1 aromatic rings. The highest BCUT2D eigenvalue weighted by Crippen LogP contribution is 2.13. The van der Waals surface area contributed by atoms with Gasteiger partial charge in [0.1, 0.15) is 11.6 Å². The van der Waals surface area contributed by atoms with Crippen LogP contribution in [0.4, 0.5) is 10.2 Å². The standard InChI is InChI=1S/C11H16FN3O2S/c1-7(6-18(3)17)15-11(16)9-4-8(12)5-14-10(9)13-2/h4-5,7H,6H2,1-3H3,(H,13,14)(H,15,16). The van der Waals surface area contributed by atoms with Crippen molar-refractivity contribution in [1.82, 2.24) is 10.3 Å². The molecule has 2 N–H and O–H groups in total. The van der Waals surface area contributed by atoms with Crippen LogP contribution in [0, 0.1) is 5.82 Å². The van der Waals surface area contributed by atoms with Crippen LogP contribution in [0.15, 0.2) is 12.3 Å². The molecule has 2 atom stereocenters. The van der Waals surface area contributed by atoms with Crippen molar-refractivity contribution in [3.05, 3.63) is 23.6 Å². The van der Waals surface area contributed by atoms with E-state index in [0.717, 1.165) is 12.3 Å². The van der Waals surface area contributed by atoms with E-state index in [1.807, 2.05) is 0 Å². The van der Waals surface area contributed by atoms with E-state index in [1.54, 1.807) is 20.2 Å². The number of carbonyl (C=O) groups is 1. The van der Waals surface area contributed by atoms with Crippen molar-refractivity contribution >= 4 is 22.5 Å². The average Bonchev–Trinajstić information content (AvgIpc) is 2.27. The second-order valence-corrected chi connectivity index (χ2v) is 5.39. The molecule has 100 valence electrons. The minimum Gasteiger partial charge on any atom is -0.372 e. The summed E-state index contributed by atoms with van der Waals surface area (Å²) < 4.78 is 24.1. The van der Waals surface area contributed by atoms with E-state index in [-0.39, 0.29) is 11.6 Å². The number of rotatable bonds is 5. The summed E-state index contributed by atoms with van der Waals surface area (Å²) in [7, 11) is 0.599. The Bertz CT molecular complexity index is 468. The van der Waals surface area contributed by atoms with Gasteiger partial charge < -0.3 is 10.6 Å². The topological polar surface area (TPSA) is 71.1 Å². The summed E-state index contributed by atoms with van der Waals surface area (Å²) in [6.07, 6.45) is 2.60. The molecular formula is C11H16FN3O2S. The van der Waals surface area contributed by atoms with Gasteiger partial charge in [0.15, 0.2) is 0 Å². The lowest BCUT2D eigenvalue weighted by Crippen LogP contribution is -2.36. The summed E-state index contributed by atoms with van der Waals surface area (Å²) in [5, 5.41) is 5.37. The Labute approximate surface area is 108 Å². The molecule has 0 aromatic carbocycles. The Kier molecular flexibility index (Phi) is 5.21. The molecule has 0 aliphatic rings. The molecule has 0 saturated carbocycles. The van der Waals surface area contributed by atoms with Crippen LogP contribution >= 0.6 is 0 Å². The normalized spacial score (nSPS) is 13.8. The zero-order valence-corrected chi connectivity index (χ0v) is 11.3. The Hall–Kier alpha value is -1.50. The second-order valence-electron chi connectivity index (χ2n) is 3.91. The summed E-state index contributed by atoms with van der Waals surface area (Å²) in [4.78, 5) is 15.7. The maximum Gasteiger partial charge on any atom is 0.255 e. The lowest BCUT2D eigenvalue weighted by Gasteiger charge is -2.14. The van der Waals surface area contributed by atoms with E-state index in [4.69, 9.17) is 0 Å². The van der Waals surface area contributed by atoms with Crippen LogP contribution < -0.4 is 10.6 Å². The van der Waals surface area contributed by atoms with Crippen LogP contribution in [0.3, 0.4) is 0 Å². The van der Waals surface area contributed by atoms with Crippen molar-refractivity contribution in [2.75, 3.05) is 24.4 Å². The first-order valence-corrected chi connectivity index (χ1v) is 7.11. The third kappa shape index (κ3) is 4.06. The first-order chi connectivity index (χ1) is 8.43. The molecule has 1 amide bonds. The summed E-state index contributed by atoms with van der Waals surface area (Å²) in [6.45, 7) is 1.74. The van der Waals surface area contributed by atoms with Gasteiger partial charge in [0, 0.05) is 35.9 Å². The van der Waals surface area contributed by atoms with E-state index < -0.39 is 22.5 Å². The number of aromatic nitrogens is 1. The highest BCUT2D eigenvalue weighted by molar-refractivity contribution is 7.84. The van der Waals surface area contributed by atoms with Gasteiger partial charge in [0.25, 0.3) is 5.91 Å². The number of hydrogen-bond donors (Lipinski definition) is 2. The third-order valence-corrected chi connectivity index (χ3v) is 3.17. The number of hydrogen-bond acceptors (Lipinski definition) is 4. The van der Waals surface area contributed by atoms with Gasteiger partial charge >= 0.3 is 0 Å². The summed E-state index contributed by atoms with van der Waals surface area (Å²) in [5.74, 6) is -0.363. The molecular weight excluding hydrogens is 257 g/mol. The van der Waals surface area contributed by atoms with E-state index in [9.17, 15) is 13.4 Å². The summed E-state index contributed by atoms with van der Waals surface area (Å²) in [6, 6.07) is 0.861. The molecule has 1 heterocycles. The Balaban J connectivity index is 2.83. The SMILES string of the molecule is CNc1ncc(F)cc1C(=O)NC(C)CS(C)=O. The average molecular weight is 273 g/mol. The first-order valence-electron chi connectivity index (χ1n) is 5.38. The van der Waals surface area contributed by atoms with Crippen molar-refractivity contribution < 1.29 is 13.4 Å². The van der Waals surface area contributed by atoms with Gasteiger partial charge in [-0.1, -0.05) is 0 Å². The van der Waals surface area contributed by atoms with Gasteiger partial charge in [0.05, 0.1) is 11.8 Å². The molecule has 1 rings (SSSR count). The quantitative estimate of drug-likeness (QED) is 0.831. The molecule has 0 aliphatic heterocycles. The van der Waals surface area contributed by atoms with Crippen LogP contribution in [-0.2, 0) is 10.8 Å². The number of nitrogens with zero attached hydrogens (tertiary/aromatic N) is 1. The van der Waals surface area contributed by atoms with Crippen LogP contribution in [0.5, 0.6) is 0 Å². The van der Waals surface area contributed by atoms with E-state index >= 15 is 0 Å². The van der Waals surface area contributed by atoms with Crippen molar-refractivity contribution in [2.45, 2.75) is 13.0 Å². The predicted octanol–water partition coefficient (Wildman–Crippen LogP) is 0.759. The predicted molar refractivity (Wildman–Crippen MR) is 69.6 cm³/mol. The lowest BCUT2D eigenvalue weighted by molar-refractivity contribution is 0.0943. The highest BCUT2D eigenvalue weighted by atomic mass is 32.2. The van der Waals surface area contributed by atoms with Crippen LogP contribution in [-0.4, -0.2) is 40.2 Å². The van der Waals surface area contributed by atoms with Gasteiger partial charge in [-0.3, -0.25) is 9.00 Å². The maximum absolute atomic E-state index is 13.1. The van der Waals surface area contributed by atoms with E-state index in [1.165, 1.54) is 0 Å². The number of anilines is 1. The summed E-state index contributed by atoms with van der Waals surface area (Å²) >= 11 is 0. The number of halogens is 1. The smallest absolute Gasteiger partial charge is 0.255 e. The number of nitrogens with one attached hydrogen (secondary N) is 2. The summed E-state index contributed by atoms with van der Waals surface area (Å²) in [5.41, 5.74) is 0.131. The largest absolute Gasteiger partial charge is 0.372 e. The van der Waals surface area contributed by atoms with Gasteiger partial charge in [-0.15, -0.1) is 0 Å². The molecule has 5 nitrogen and oxygen atoms in total. The van der Waals surface area contributed by atoms with Crippen molar-refractivity contribution in [2.24, 2.45) is 0 Å². The molecule has 7 heteroatoms. The Morgan fingerprint density at radius 3 is 2.83 bits per heavy atom. The minimum absolute atomic E-state index is 0.131. The van der Waals surface area contributed by atoms with Gasteiger partial charge in [-0.05, 0) is 13.0 Å². The number of pyridine rings is 1. The highest BCUT2D eigenvalue weighted by Gasteiger charge is 2.16. The molecule has 0 bridgehead atoms. The zero-order valence-electron chi connectivity index (χ0n) is 10.5. The monoisotopic (exact) mass is 273 g/mol. The van der Waals surface area contributed by atoms with Crippen molar-refractivity contribution in [1.29, 1.82) is 0 Å². The number of amides is 1. The number of carbonyl (C=O) groups excluding carboxylic acids is 1. The molecule has 0 aliphatic carbocycles. The minimum atomic E-state index is -1.00. The first kappa shape index (κ1) is 14.6. The van der Waals surface area contributed by atoms with E-state index in [2.05, 4.69) is 15.6 Å². The van der Waals surface area contributed by atoms with Crippen LogP contribution in [0.25, 0.3) is 0 Å². The molecule has 0 fully saturated rings. The molecule has 0 spiro atoms. The van der Waals surface area contributed by atoms with Gasteiger partial charge in [-0.25, -0.2) is 9.37 Å². The fourth-order valence-electron chi connectivity index (χ4n) is 1.51. The fourth-order valence-corrected chi connectivity index (χ4v) is 2.29. The maximum atomic E-state index is 13.1. The molecule has 18 heavy (non-hydrogen) atoms. The Morgan fingerprint density at radius 1 is 1.61 bits per heavy atom.